The van der Waals surface area contributed by atoms with Crippen LogP contribution in [0.1, 0.15) is 24.0 Å². The molecule has 1 fully saturated rings. The standard InChI is InChI=1S/C21H26FN5O3/c22-18-3-1-2-16-11-26(12-17(16)18)9-6-23-19-10-20(29)27(14-24-19)13-21(30)4-7-25(15-28)8-5-21/h1-3,10,14-15,23,30H,4-9,11-13H2. The van der Waals surface area contributed by atoms with Crippen LogP contribution >= 0.6 is 0 Å². The zero-order valence-electron chi connectivity index (χ0n) is 16.8. The summed E-state index contributed by atoms with van der Waals surface area (Å²) in [5, 5.41) is 13.9. The van der Waals surface area contributed by atoms with E-state index in [9.17, 15) is 19.1 Å². The highest BCUT2D eigenvalue weighted by molar-refractivity contribution is 5.47. The molecule has 0 bridgehead atoms. The monoisotopic (exact) mass is 415 g/mol. The molecule has 2 N–H and O–H groups in total. The summed E-state index contributed by atoms with van der Waals surface area (Å²) in [4.78, 5) is 31.3. The number of aliphatic hydroxyl groups is 1. The van der Waals surface area contributed by atoms with Gasteiger partial charge in [0.15, 0.2) is 0 Å². The molecular weight excluding hydrogens is 389 g/mol. The van der Waals surface area contributed by atoms with Crippen molar-refractivity contribution in [1.82, 2.24) is 19.4 Å². The molecule has 1 aromatic heterocycles. The molecular formula is C21H26FN5O3. The number of nitrogens with zero attached hydrogens (tertiary/aromatic N) is 4. The van der Waals surface area contributed by atoms with Crippen molar-refractivity contribution in [2.24, 2.45) is 0 Å². The lowest BCUT2D eigenvalue weighted by molar-refractivity contribution is -0.122. The molecule has 2 aliphatic heterocycles. The minimum atomic E-state index is -1.01. The highest BCUT2D eigenvalue weighted by Gasteiger charge is 2.32. The third-order valence-electron chi connectivity index (χ3n) is 5.95. The number of piperidine rings is 1. The van der Waals surface area contributed by atoms with Crippen LogP contribution in [-0.4, -0.2) is 62.6 Å². The molecule has 0 spiro atoms. The number of rotatable bonds is 7. The number of fused-ring (bicyclic) bond motifs is 1. The topological polar surface area (TPSA) is 90.7 Å². The van der Waals surface area contributed by atoms with Crippen LogP contribution in [-0.2, 0) is 24.4 Å². The van der Waals surface area contributed by atoms with Gasteiger partial charge >= 0.3 is 0 Å². The minimum absolute atomic E-state index is 0.156. The minimum Gasteiger partial charge on any atom is -0.388 e. The lowest BCUT2D eigenvalue weighted by atomic mass is 9.91. The second kappa shape index (κ2) is 8.53. The molecule has 0 atom stereocenters. The summed E-state index contributed by atoms with van der Waals surface area (Å²) >= 11 is 0. The summed E-state index contributed by atoms with van der Waals surface area (Å²) in [6.45, 7) is 3.69. The number of likely N-dealkylation sites (tertiary alicyclic amines) is 1. The molecule has 1 saturated heterocycles. The Morgan fingerprint density at radius 2 is 2.07 bits per heavy atom. The molecule has 0 unspecified atom stereocenters. The van der Waals surface area contributed by atoms with Gasteiger partial charge in [0, 0.05) is 50.9 Å². The maximum atomic E-state index is 13.8. The van der Waals surface area contributed by atoms with Crippen LogP contribution in [0.4, 0.5) is 10.2 Å². The first-order valence-electron chi connectivity index (χ1n) is 10.2. The highest BCUT2D eigenvalue weighted by atomic mass is 19.1. The second-order valence-electron chi connectivity index (χ2n) is 8.12. The predicted octanol–water partition coefficient (Wildman–Crippen LogP) is 0.793. The average Bonchev–Trinajstić information content (AvgIpc) is 3.15. The van der Waals surface area contributed by atoms with Crippen molar-refractivity contribution >= 4 is 12.2 Å². The maximum absolute atomic E-state index is 13.8. The molecule has 1 aromatic carbocycles. The molecule has 1 amide bonds. The van der Waals surface area contributed by atoms with Gasteiger partial charge in [0.2, 0.25) is 6.41 Å². The molecule has 8 nitrogen and oxygen atoms in total. The molecule has 30 heavy (non-hydrogen) atoms. The van der Waals surface area contributed by atoms with E-state index in [-0.39, 0.29) is 17.9 Å². The van der Waals surface area contributed by atoms with E-state index in [1.807, 2.05) is 6.07 Å². The van der Waals surface area contributed by atoms with Crippen LogP contribution < -0.4 is 10.9 Å². The summed E-state index contributed by atoms with van der Waals surface area (Å²) in [7, 11) is 0. The van der Waals surface area contributed by atoms with Crippen LogP contribution in [0, 0.1) is 5.82 Å². The average molecular weight is 415 g/mol. The second-order valence-corrected chi connectivity index (χ2v) is 8.12. The predicted molar refractivity (Wildman–Crippen MR) is 109 cm³/mol. The summed E-state index contributed by atoms with van der Waals surface area (Å²) in [5.74, 6) is 0.314. The summed E-state index contributed by atoms with van der Waals surface area (Å²) in [5.41, 5.74) is 0.525. The van der Waals surface area contributed by atoms with Crippen LogP contribution in [0.15, 0.2) is 35.4 Å². The third-order valence-corrected chi connectivity index (χ3v) is 5.95. The SMILES string of the molecule is O=CN1CCC(O)(Cn2cnc(NCCN3Cc4cccc(F)c4C3)cc2=O)CC1. The van der Waals surface area contributed by atoms with E-state index in [2.05, 4.69) is 15.2 Å². The van der Waals surface area contributed by atoms with E-state index < -0.39 is 5.60 Å². The Morgan fingerprint density at radius 3 is 2.77 bits per heavy atom. The van der Waals surface area contributed by atoms with Gasteiger partial charge in [-0.15, -0.1) is 0 Å². The first kappa shape index (κ1) is 20.5. The lowest BCUT2D eigenvalue weighted by Crippen LogP contribution is -2.47. The first-order chi connectivity index (χ1) is 14.5. The van der Waals surface area contributed by atoms with Gasteiger partial charge in [0.05, 0.1) is 18.5 Å². The number of carbonyl (C=O) groups is 1. The number of nitrogens with one attached hydrogen (secondary N) is 1. The number of amides is 1. The zero-order chi connectivity index (χ0) is 21.1. The van der Waals surface area contributed by atoms with E-state index in [4.69, 9.17) is 0 Å². The molecule has 160 valence electrons. The lowest BCUT2D eigenvalue weighted by Gasteiger charge is -2.36. The van der Waals surface area contributed by atoms with E-state index in [1.165, 1.54) is 23.0 Å². The summed E-state index contributed by atoms with van der Waals surface area (Å²) in [6.07, 6.45) is 3.08. The Kier molecular flexibility index (Phi) is 5.83. The number of anilines is 1. The first-order valence-corrected chi connectivity index (χ1v) is 10.2. The van der Waals surface area contributed by atoms with Gasteiger partial charge < -0.3 is 15.3 Å². The third kappa shape index (κ3) is 4.52. The summed E-state index contributed by atoms with van der Waals surface area (Å²) in [6, 6.07) is 6.59. The number of carbonyl (C=O) groups excluding carboxylic acids is 1. The van der Waals surface area contributed by atoms with Gasteiger partial charge in [-0.2, -0.15) is 0 Å². The Labute approximate surface area is 173 Å². The summed E-state index contributed by atoms with van der Waals surface area (Å²) < 4.78 is 15.2. The normalized spacial score (nSPS) is 18.3. The van der Waals surface area contributed by atoms with Crippen molar-refractivity contribution in [2.45, 2.75) is 38.1 Å². The van der Waals surface area contributed by atoms with Crippen molar-refractivity contribution in [1.29, 1.82) is 0 Å². The Morgan fingerprint density at radius 1 is 1.27 bits per heavy atom. The van der Waals surface area contributed by atoms with Gasteiger partial charge in [0.25, 0.3) is 5.56 Å². The molecule has 4 rings (SSSR count). The largest absolute Gasteiger partial charge is 0.388 e. The van der Waals surface area contributed by atoms with Crippen LogP contribution in [0.3, 0.4) is 0 Å². The van der Waals surface area contributed by atoms with E-state index in [1.54, 1.807) is 11.0 Å². The molecule has 0 radical (unpaired) electrons. The molecule has 3 heterocycles. The van der Waals surface area contributed by atoms with Crippen molar-refractivity contribution in [2.75, 3.05) is 31.5 Å². The van der Waals surface area contributed by atoms with E-state index >= 15 is 0 Å². The van der Waals surface area contributed by atoms with Crippen molar-refractivity contribution < 1.29 is 14.3 Å². The zero-order valence-corrected chi connectivity index (χ0v) is 16.8. The van der Waals surface area contributed by atoms with Crippen LogP contribution in [0.2, 0.25) is 0 Å². The molecule has 0 saturated carbocycles. The number of benzene rings is 1. The smallest absolute Gasteiger partial charge is 0.255 e. The quantitative estimate of drug-likeness (QED) is 0.650. The Bertz CT molecular complexity index is 971. The van der Waals surface area contributed by atoms with Crippen molar-refractivity contribution in [3.63, 3.8) is 0 Å². The molecule has 2 aromatic rings. The number of aromatic nitrogens is 2. The molecule has 0 aliphatic carbocycles. The van der Waals surface area contributed by atoms with Gasteiger partial charge in [0.1, 0.15) is 11.6 Å². The van der Waals surface area contributed by atoms with E-state index in [0.29, 0.717) is 57.9 Å². The van der Waals surface area contributed by atoms with Crippen LogP contribution in [0.5, 0.6) is 0 Å². The molecule has 2 aliphatic rings. The highest BCUT2D eigenvalue weighted by Crippen LogP contribution is 2.25. The van der Waals surface area contributed by atoms with Crippen molar-refractivity contribution in [3.05, 3.63) is 57.9 Å². The van der Waals surface area contributed by atoms with E-state index in [0.717, 1.165) is 17.5 Å². The maximum Gasteiger partial charge on any atom is 0.255 e. The number of hydrogen-bond acceptors (Lipinski definition) is 6. The number of hydrogen-bond donors (Lipinski definition) is 2. The van der Waals surface area contributed by atoms with Gasteiger partial charge in [-0.05, 0) is 24.5 Å². The fourth-order valence-electron chi connectivity index (χ4n) is 4.11. The van der Waals surface area contributed by atoms with Gasteiger partial charge in [-0.1, -0.05) is 12.1 Å². The number of halogens is 1. The Balaban J connectivity index is 1.28. The van der Waals surface area contributed by atoms with Gasteiger partial charge in [-0.25, -0.2) is 9.37 Å². The Hall–Kier alpha value is -2.78. The van der Waals surface area contributed by atoms with Gasteiger partial charge in [-0.3, -0.25) is 19.1 Å². The molecule has 9 heteroatoms. The van der Waals surface area contributed by atoms with Crippen molar-refractivity contribution in [3.8, 4) is 0 Å². The fraction of sp³-hybridized carbons (Fsp3) is 0.476. The fourth-order valence-corrected chi connectivity index (χ4v) is 4.11. The van der Waals surface area contributed by atoms with Crippen LogP contribution in [0.25, 0.3) is 0 Å².